The molecule has 184 valence electrons. The summed E-state index contributed by atoms with van der Waals surface area (Å²) in [6, 6.07) is 1.23. The second kappa shape index (κ2) is 9.82. The predicted molar refractivity (Wildman–Crippen MR) is 112 cm³/mol. The summed E-state index contributed by atoms with van der Waals surface area (Å²) in [5.74, 6) is -3.66. The van der Waals surface area contributed by atoms with Crippen LogP contribution in [0.25, 0.3) is 0 Å². The maximum atomic E-state index is 13.5. The molecule has 2 aromatic rings. The van der Waals surface area contributed by atoms with Crippen LogP contribution in [-0.2, 0) is 17.5 Å². The summed E-state index contributed by atoms with van der Waals surface area (Å²) >= 11 is 0. The summed E-state index contributed by atoms with van der Waals surface area (Å²) < 4.78 is 55.2. The van der Waals surface area contributed by atoms with Gasteiger partial charge in [-0.05, 0) is 37.5 Å². The molecular weight excluding hydrogens is 462 g/mol. The molecule has 3 rings (SSSR count). The monoisotopic (exact) mass is 485 g/mol. The van der Waals surface area contributed by atoms with Crippen molar-refractivity contribution in [1.29, 1.82) is 0 Å². The van der Waals surface area contributed by atoms with E-state index in [0.29, 0.717) is 30.3 Å². The van der Waals surface area contributed by atoms with Crippen LogP contribution in [0.4, 0.5) is 17.6 Å². The standard InChI is InChI=1S/C22H23F4N3O5/c1-12(30)10-27-18(31)17-19(32)28(11-13-7-8-14(23)9-16(13)22(24,25)26)21(34)29(20(17)33)15-5-3-2-4-6-15/h7-9,15,33H,2-6,10-11H2,1H3,(H,27,31). The van der Waals surface area contributed by atoms with Crippen LogP contribution in [0, 0.1) is 5.82 Å². The molecule has 1 aliphatic rings. The van der Waals surface area contributed by atoms with Crippen molar-refractivity contribution in [2.75, 3.05) is 6.54 Å². The molecule has 0 aliphatic heterocycles. The van der Waals surface area contributed by atoms with E-state index in [4.69, 9.17) is 0 Å². The molecule has 1 aromatic heterocycles. The summed E-state index contributed by atoms with van der Waals surface area (Å²) in [4.78, 5) is 50.1. The Morgan fingerprint density at radius 2 is 1.79 bits per heavy atom. The second-order valence-electron chi connectivity index (χ2n) is 8.22. The number of amides is 1. The van der Waals surface area contributed by atoms with Crippen LogP contribution in [0.2, 0.25) is 0 Å². The number of benzene rings is 1. The minimum Gasteiger partial charge on any atom is -0.494 e. The van der Waals surface area contributed by atoms with Crippen molar-refractivity contribution in [1.82, 2.24) is 14.5 Å². The van der Waals surface area contributed by atoms with Crippen molar-refractivity contribution in [2.24, 2.45) is 0 Å². The minimum atomic E-state index is -4.97. The van der Waals surface area contributed by atoms with Crippen LogP contribution >= 0.6 is 0 Å². The highest BCUT2D eigenvalue weighted by atomic mass is 19.4. The minimum absolute atomic E-state index is 0.251. The molecule has 8 nitrogen and oxygen atoms in total. The molecule has 1 heterocycles. The summed E-state index contributed by atoms with van der Waals surface area (Å²) in [5, 5.41) is 12.9. The van der Waals surface area contributed by atoms with Gasteiger partial charge < -0.3 is 10.4 Å². The third-order valence-corrected chi connectivity index (χ3v) is 5.72. The van der Waals surface area contributed by atoms with Crippen LogP contribution in [-0.4, -0.2) is 32.5 Å². The number of rotatable bonds is 6. The first-order chi connectivity index (χ1) is 15.9. The SMILES string of the molecule is CC(=O)CNC(=O)c1c(O)n(C2CCCCC2)c(=O)n(Cc2ccc(F)cc2C(F)(F)F)c1=O. The number of halogens is 4. The van der Waals surface area contributed by atoms with Crippen molar-refractivity contribution in [3.05, 3.63) is 61.5 Å². The second-order valence-corrected chi connectivity index (χ2v) is 8.22. The first-order valence-corrected chi connectivity index (χ1v) is 10.6. The Balaban J connectivity index is 2.22. The molecule has 34 heavy (non-hydrogen) atoms. The molecular formula is C22H23F4N3O5. The number of hydrogen-bond acceptors (Lipinski definition) is 5. The predicted octanol–water partition coefficient (Wildman–Crippen LogP) is 2.75. The van der Waals surface area contributed by atoms with Gasteiger partial charge in [-0.15, -0.1) is 0 Å². The van der Waals surface area contributed by atoms with Gasteiger partial charge in [0, 0.05) is 6.04 Å². The van der Waals surface area contributed by atoms with Gasteiger partial charge in [0.2, 0.25) is 5.88 Å². The van der Waals surface area contributed by atoms with Crippen LogP contribution in [0.15, 0.2) is 27.8 Å². The van der Waals surface area contributed by atoms with Crippen molar-refractivity contribution >= 4 is 11.7 Å². The molecule has 1 aliphatic carbocycles. The first kappa shape index (κ1) is 25.2. The number of carbonyl (C=O) groups excluding carboxylic acids is 2. The van der Waals surface area contributed by atoms with Crippen LogP contribution in [0.3, 0.4) is 0 Å². The lowest BCUT2D eigenvalue weighted by Gasteiger charge is -2.26. The average molecular weight is 485 g/mol. The van der Waals surface area contributed by atoms with Gasteiger partial charge in [-0.3, -0.25) is 23.5 Å². The zero-order valence-electron chi connectivity index (χ0n) is 18.2. The third-order valence-electron chi connectivity index (χ3n) is 5.72. The highest BCUT2D eigenvalue weighted by Crippen LogP contribution is 2.33. The van der Waals surface area contributed by atoms with Gasteiger partial charge in [-0.1, -0.05) is 25.3 Å². The molecule has 0 bridgehead atoms. The molecule has 0 spiro atoms. The zero-order chi connectivity index (χ0) is 25.2. The van der Waals surface area contributed by atoms with E-state index in [2.05, 4.69) is 5.32 Å². The smallest absolute Gasteiger partial charge is 0.416 e. The van der Waals surface area contributed by atoms with Crippen molar-refractivity contribution < 1.29 is 32.3 Å². The summed E-state index contributed by atoms with van der Waals surface area (Å²) in [6.45, 7) is -0.197. The van der Waals surface area contributed by atoms with E-state index < -0.39 is 76.6 Å². The molecule has 0 unspecified atom stereocenters. The highest BCUT2D eigenvalue weighted by molar-refractivity contribution is 5.97. The van der Waals surface area contributed by atoms with Crippen LogP contribution in [0.1, 0.15) is 66.6 Å². The quantitative estimate of drug-likeness (QED) is 0.612. The number of alkyl halides is 3. The molecule has 0 atom stereocenters. The van der Waals surface area contributed by atoms with E-state index in [1.807, 2.05) is 0 Å². The van der Waals surface area contributed by atoms with Gasteiger partial charge in [0.05, 0.1) is 18.7 Å². The van der Waals surface area contributed by atoms with Crippen LogP contribution in [0.5, 0.6) is 5.88 Å². The van der Waals surface area contributed by atoms with Crippen molar-refractivity contribution in [3.63, 3.8) is 0 Å². The first-order valence-electron chi connectivity index (χ1n) is 10.6. The van der Waals surface area contributed by atoms with Gasteiger partial charge in [0.1, 0.15) is 11.6 Å². The van der Waals surface area contributed by atoms with E-state index in [9.17, 15) is 41.8 Å². The molecule has 1 saturated carbocycles. The molecule has 2 N–H and O–H groups in total. The average Bonchev–Trinajstić information content (AvgIpc) is 2.76. The van der Waals surface area contributed by atoms with E-state index in [1.165, 1.54) is 6.92 Å². The Labute approximate surface area is 190 Å². The number of aromatic hydroxyl groups is 1. The molecule has 1 amide bonds. The number of nitrogens with zero attached hydrogens (tertiary/aromatic N) is 2. The summed E-state index contributed by atoms with van der Waals surface area (Å²) in [6.07, 6.45) is -1.78. The van der Waals surface area contributed by atoms with E-state index in [1.54, 1.807) is 0 Å². The van der Waals surface area contributed by atoms with E-state index >= 15 is 0 Å². The Kier molecular flexibility index (Phi) is 7.27. The van der Waals surface area contributed by atoms with Crippen molar-refractivity contribution in [3.8, 4) is 5.88 Å². The van der Waals surface area contributed by atoms with Gasteiger partial charge in [-0.2, -0.15) is 13.2 Å². The Hall–Kier alpha value is -3.44. The molecule has 0 saturated heterocycles. The molecule has 1 aromatic carbocycles. The summed E-state index contributed by atoms with van der Waals surface area (Å²) in [5.41, 5.74) is -5.21. The fourth-order valence-electron chi connectivity index (χ4n) is 4.08. The van der Waals surface area contributed by atoms with Gasteiger partial charge >= 0.3 is 11.9 Å². The number of ketones is 1. The lowest BCUT2D eigenvalue weighted by atomic mass is 9.95. The lowest BCUT2D eigenvalue weighted by molar-refractivity contribution is -0.138. The van der Waals surface area contributed by atoms with Gasteiger partial charge in [0.25, 0.3) is 11.5 Å². The number of Topliss-reactive ketones (excluding diaryl/α,β-unsaturated/α-hetero) is 1. The van der Waals surface area contributed by atoms with Gasteiger partial charge in [-0.25, -0.2) is 9.18 Å². The molecule has 1 fully saturated rings. The normalized spacial score (nSPS) is 14.7. The number of nitrogens with one attached hydrogen (secondary N) is 1. The fraction of sp³-hybridized carbons (Fsp3) is 0.455. The largest absolute Gasteiger partial charge is 0.494 e. The Morgan fingerprint density at radius 1 is 1.15 bits per heavy atom. The topological polar surface area (TPSA) is 110 Å². The zero-order valence-corrected chi connectivity index (χ0v) is 18.2. The maximum absolute atomic E-state index is 13.5. The summed E-state index contributed by atoms with van der Waals surface area (Å²) in [7, 11) is 0. The number of hydrogen-bond donors (Lipinski definition) is 2. The Morgan fingerprint density at radius 3 is 2.38 bits per heavy atom. The highest BCUT2D eigenvalue weighted by Gasteiger charge is 2.35. The lowest BCUT2D eigenvalue weighted by Crippen LogP contribution is -2.46. The van der Waals surface area contributed by atoms with Gasteiger partial charge in [0.15, 0.2) is 5.56 Å². The number of carbonyl (C=O) groups is 2. The third kappa shape index (κ3) is 5.20. The van der Waals surface area contributed by atoms with Crippen molar-refractivity contribution in [2.45, 2.75) is 57.8 Å². The fourth-order valence-corrected chi connectivity index (χ4v) is 4.08. The Bertz CT molecular complexity index is 1230. The molecule has 0 radical (unpaired) electrons. The van der Waals surface area contributed by atoms with E-state index in [0.717, 1.165) is 23.1 Å². The van der Waals surface area contributed by atoms with Crippen LogP contribution < -0.4 is 16.6 Å². The molecule has 12 heteroatoms. The van der Waals surface area contributed by atoms with E-state index in [-0.39, 0.29) is 6.07 Å². The number of aromatic nitrogens is 2. The maximum Gasteiger partial charge on any atom is 0.416 e.